The summed E-state index contributed by atoms with van der Waals surface area (Å²) in [5.74, 6) is 2.01. The summed E-state index contributed by atoms with van der Waals surface area (Å²) in [6.45, 7) is 3.74. The van der Waals surface area contributed by atoms with Gasteiger partial charge < -0.3 is 4.57 Å². The summed E-state index contributed by atoms with van der Waals surface area (Å²) in [7, 11) is -3.79. The van der Waals surface area contributed by atoms with E-state index in [9.17, 15) is 13.2 Å². The van der Waals surface area contributed by atoms with Gasteiger partial charge in [-0.25, -0.2) is 13.6 Å². The number of carbonyl (C=O) groups excluding carboxylic acids is 1. The summed E-state index contributed by atoms with van der Waals surface area (Å²) in [6, 6.07) is 4.48. The lowest BCUT2D eigenvalue weighted by Crippen LogP contribution is -2.18. The molecule has 1 heterocycles. The molecule has 0 radical (unpaired) electrons. The number of hydrogen-bond donors (Lipinski definition) is 1. The van der Waals surface area contributed by atoms with E-state index in [1.807, 2.05) is 0 Å². The van der Waals surface area contributed by atoms with E-state index >= 15 is 0 Å². The van der Waals surface area contributed by atoms with E-state index in [0.717, 1.165) is 0 Å². The monoisotopic (exact) mass is 337 g/mol. The number of primary sulfonamides is 1. The summed E-state index contributed by atoms with van der Waals surface area (Å²) in [4.78, 5) is 16.4. The van der Waals surface area contributed by atoms with E-state index in [0.29, 0.717) is 15.0 Å². The van der Waals surface area contributed by atoms with Crippen molar-refractivity contribution in [3.8, 4) is 12.3 Å². The van der Waals surface area contributed by atoms with Gasteiger partial charge in [0.2, 0.25) is 10.0 Å². The molecule has 0 atom stereocenters. The second-order valence-electron chi connectivity index (χ2n) is 4.95. The SMILES string of the molecule is C#CCn1c(=NC(=O)C(C)C)sc2cc(S(N)(=O)=O)ccc21. The molecule has 0 aliphatic rings. The third-order valence-corrected chi connectivity index (χ3v) is 4.88. The Hall–Kier alpha value is -1.95. The fraction of sp³-hybridized carbons (Fsp3) is 0.286. The normalized spacial score (nSPS) is 12.8. The molecule has 1 aromatic heterocycles. The molecule has 2 aromatic rings. The van der Waals surface area contributed by atoms with Crippen molar-refractivity contribution >= 4 is 37.5 Å². The number of hydrogen-bond acceptors (Lipinski definition) is 4. The van der Waals surface area contributed by atoms with Gasteiger partial charge in [-0.1, -0.05) is 31.1 Å². The second kappa shape index (κ2) is 6.04. The average Bonchev–Trinajstić information content (AvgIpc) is 2.75. The molecule has 116 valence electrons. The summed E-state index contributed by atoms with van der Waals surface area (Å²) in [6.07, 6.45) is 5.36. The Bertz CT molecular complexity index is 944. The topological polar surface area (TPSA) is 94.5 Å². The number of fused-ring (bicyclic) bond motifs is 1. The lowest BCUT2D eigenvalue weighted by atomic mass is 10.2. The molecule has 0 fully saturated rings. The Labute approximate surface area is 132 Å². The van der Waals surface area contributed by atoms with Crippen LogP contribution < -0.4 is 9.94 Å². The van der Waals surface area contributed by atoms with Gasteiger partial charge in [0.25, 0.3) is 5.91 Å². The molecular weight excluding hydrogens is 322 g/mol. The number of rotatable bonds is 3. The van der Waals surface area contributed by atoms with Crippen molar-refractivity contribution in [1.82, 2.24) is 4.57 Å². The van der Waals surface area contributed by atoms with Gasteiger partial charge in [-0.15, -0.1) is 6.42 Å². The number of thiazole rings is 1. The highest BCUT2D eigenvalue weighted by atomic mass is 32.2. The van der Waals surface area contributed by atoms with Crippen LogP contribution in [0.15, 0.2) is 28.1 Å². The number of terminal acetylenes is 1. The molecule has 0 aliphatic heterocycles. The van der Waals surface area contributed by atoms with Crippen LogP contribution in [0.1, 0.15) is 13.8 Å². The van der Waals surface area contributed by atoms with Gasteiger partial charge in [-0.2, -0.15) is 4.99 Å². The number of carbonyl (C=O) groups is 1. The third kappa shape index (κ3) is 3.27. The van der Waals surface area contributed by atoms with E-state index in [2.05, 4.69) is 10.9 Å². The zero-order valence-corrected chi connectivity index (χ0v) is 13.7. The Morgan fingerprint density at radius 2 is 2.18 bits per heavy atom. The molecule has 0 unspecified atom stereocenters. The minimum Gasteiger partial charge on any atom is -0.305 e. The van der Waals surface area contributed by atoms with Crippen LogP contribution in [-0.2, 0) is 21.4 Å². The standard InChI is InChI=1S/C14H15N3O3S2/c1-4-7-17-11-6-5-10(22(15,19)20)8-12(11)21-14(17)16-13(18)9(2)3/h1,5-6,8-9H,7H2,2-3H3,(H2,15,19,20). The Morgan fingerprint density at radius 1 is 1.50 bits per heavy atom. The van der Waals surface area contributed by atoms with Crippen molar-refractivity contribution in [2.75, 3.05) is 0 Å². The zero-order chi connectivity index (χ0) is 16.5. The fourth-order valence-electron chi connectivity index (χ4n) is 1.78. The molecule has 1 aromatic carbocycles. The summed E-state index contributed by atoms with van der Waals surface area (Å²) in [5.41, 5.74) is 0.714. The van der Waals surface area contributed by atoms with Crippen LogP contribution in [0.4, 0.5) is 0 Å². The summed E-state index contributed by atoms with van der Waals surface area (Å²) >= 11 is 1.20. The lowest BCUT2D eigenvalue weighted by molar-refractivity contribution is -0.120. The molecule has 0 saturated carbocycles. The number of benzene rings is 1. The van der Waals surface area contributed by atoms with Crippen LogP contribution in [-0.4, -0.2) is 18.9 Å². The Balaban J connectivity index is 2.75. The molecule has 6 nitrogen and oxygen atoms in total. The number of nitrogens with zero attached hydrogens (tertiary/aromatic N) is 2. The highest BCUT2D eigenvalue weighted by Gasteiger charge is 2.13. The molecule has 22 heavy (non-hydrogen) atoms. The average molecular weight is 337 g/mol. The summed E-state index contributed by atoms with van der Waals surface area (Å²) < 4.78 is 25.2. The number of aromatic nitrogens is 1. The minimum absolute atomic E-state index is 0.0100. The van der Waals surface area contributed by atoms with Crippen LogP contribution in [0.3, 0.4) is 0 Å². The van der Waals surface area contributed by atoms with Crippen molar-refractivity contribution in [2.24, 2.45) is 16.0 Å². The Kier molecular flexibility index (Phi) is 4.51. The van der Waals surface area contributed by atoms with Crippen LogP contribution in [0.5, 0.6) is 0 Å². The molecule has 2 rings (SSSR count). The third-order valence-electron chi connectivity index (χ3n) is 2.93. The molecule has 0 bridgehead atoms. The molecule has 0 saturated heterocycles. The van der Waals surface area contributed by atoms with Gasteiger partial charge in [0, 0.05) is 5.92 Å². The smallest absolute Gasteiger partial charge is 0.250 e. The van der Waals surface area contributed by atoms with Crippen molar-refractivity contribution in [2.45, 2.75) is 25.3 Å². The minimum atomic E-state index is -3.79. The highest BCUT2D eigenvalue weighted by molar-refractivity contribution is 7.89. The largest absolute Gasteiger partial charge is 0.305 e. The highest BCUT2D eigenvalue weighted by Crippen LogP contribution is 2.21. The van der Waals surface area contributed by atoms with Crippen molar-refractivity contribution in [3.05, 3.63) is 23.0 Å². The Morgan fingerprint density at radius 3 is 2.73 bits per heavy atom. The maximum absolute atomic E-state index is 11.8. The first-order valence-corrected chi connectivity index (χ1v) is 8.78. The van der Waals surface area contributed by atoms with E-state index in [-0.39, 0.29) is 23.3 Å². The first-order chi connectivity index (χ1) is 10.2. The molecule has 0 spiro atoms. The van der Waals surface area contributed by atoms with Gasteiger partial charge in [-0.05, 0) is 18.2 Å². The maximum Gasteiger partial charge on any atom is 0.250 e. The number of amides is 1. The first-order valence-electron chi connectivity index (χ1n) is 6.42. The predicted octanol–water partition coefficient (Wildman–Crippen LogP) is 1.07. The molecular formula is C14H15N3O3S2. The maximum atomic E-state index is 11.8. The van der Waals surface area contributed by atoms with E-state index < -0.39 is 10.0 Å². The quantitative estimate of drug-likeness (QED) is 0.849. The van der Waals surface area contributed by atoms with Crippen LogP contribution in [0.2, 0.25) is 0 Å². The molecule has 0 aliphatic carbocycles. The molecule has 8 heteroatoms. The van der Waals surface area contributed by atoms with Gasteiger partial charge in [0.15, 0.2) is 4.80 Å². The van der Waals surface area contributed by atoms with E-state index in [1.54, 1.807) is 24.5 Å². The van der Waals surface area contributed by atoms with Crippen LogP contribution in [0, 0.1) is 18.3 Å². The van der Waals surface area contributed by atoms with Crippen LogP contribution >= 0.6 is 11.3 Å². The molecule has 1 amide bonds. The van der Waals surface area contributed by atoms with Crippen molar-refractivity contribution in [3.63, 3.8) is 0 Å². The van der Waals surface area contributed by atoms with Gasteiger partial charge >= 0.3 is 0 Å². The van der Waals surface area contributed by atoms with Crippen molar-refractivity contribution in [1.29, 1.82) is 0 Å². The van der Waals surface area contributed by atoms with Crippen LogP contribution in [0.25, 0.3) is 10.2 Å². The number of nitrogens with two attached hydrogens (primary N) is 1. The fourth-order valence-corrected chi connectivity index (χ4v) is 3.47. The second-order valence-corrected chi connectivity index (χ2v) is 7.52. The zero-order valence-electron chi connectivity index (χ0n) is 12.1. The van der Waals surface area contributed by atoms with E-state index in [1.165, 1.54) is 23.5 Å². The van der Waals surface area contributed by atoms with Crippen molar-refractivity contribution < 1.29 is 13.2 Å². The summed E-state index contributed by atoms with van der Waals surface area (Å²) in [5, 5.41) is 5.13. The van der Waals surface area contributed by atoms with E-state index in [4.69, 9.17) is 11.6 Å². The van der Waals surface area contributed by atoms with Gasteiger partial charge in [0.05, 0.1) is 21.7 Å². The van der Waals surface area contributed by atoms with Gasteiger partial charge in [-0.3, -0.25) is 4.79 Å². The van der Waals surface area contributed by atoms with Gasteiger partial charge in [0.1, 0.15) is 0 Å². The lowest BCUT2D eigenvalue weighted by Gasteiger charge is -2.01. The molecule has 2 N–H and O–H groups in total. The number of sulfonamides is 1. The predicted molar refractivity (Wildman–Crippen MR) is 85.4 cm³/mol. The first kappa shape index (κ1) is 16.4.